The second-order valence-corrected chi connectivity index (χ2v) is 6.21. The Kier molecular flexibility index (Phi) is 3.58. The minimum absolute atomic E-state index is 0.614. The lowest BCUT2D eigenvalue weighted by Gasteiger charge is -2.04. The summed E-state index contributed by atoms with van der Waals surface area (Å²) in [5, 5.41) is 9.19. The van der Waals surface area contributed by atoms with Crippen molar-refractivity contribution in [1.29, 1.82) is 0 Å². The maximum absolute atomic E-state index is 5.30. The summed E-state index contributed by atoms with van der Waals surface area (Å²) in [6.07, 6.45) is 3.53. The van der Waals surface area contributed by atoms with Crippen LogP contribution in [0.5, 0.6) is 0 Å². The molecule has 0 aliphatic heterocycles. The standard InChI is InChI=1S/C12H9BrN4S2/c13-9-4-10(19-7-9)6-17-11(15-16-12(17)18)8-2-1-3-14-5-8/h1-5,7H,6H2,(H,16,18). The number of hydrogen-bond acceptors (Lipinski definition) is 4. The van der Waals surface area contributed by atoms with Gasteiger partial charge in [-0.1, -0.05) is 0 Å². The zero-order chi connectivity index (χ0) is 13.2. The smallest absolute Gasteiger partial charge is 0.195 e. The van der Waals surface area contributed by atoms with Crippen molar-refractivity contribution in [1.82, 2.24) is 19.7 Å². The molecule has 96 valence electrons. The molecule has 0 saturated heterocycles. The number of nitrogens with one attached hydrogen (secondary N) is 1. The van der Waals surface area contributed by atoms with Crippen molar-refractivity contribution in [3.63, 3.8) is 0 Å². The zero-order valence-electron chi connectivity index (χ0n) is 9.71. The number of H-pyrrole nitrogens is 1. The van der Waals surface area contributed by atoms with Crippen molar-refractivity contribution < 1.29 is 0 Å². The van der Waals surface area contributed by atoms with Crippen LogP contribution in [0.3, 0.4) is 0 Å². The summed E-state index contributed by atoms with van der Waals surface area (Å²) < 4.78 is 3.68. The van der Waals surface area contributed by atoms with Crippen LogP contribution in [0.15, 0.2) is 40.4 Å². The molecule has 3 aromatic rings. The summed E-state index contributed by atoms with van der Waals surface area (Å²) in [5.74, 6) is 0.808. The third-order valence-corrected chi connectivity index (χ3v) is 4.61. The van der Waals surface area contributed by atoms with Gasteiger partial charge < -0.3 is 0 Å². The molecule has 0 unspecified atom stereocenters. The second-order valence-electron chi connectivity index (χ2n) is 3.91. The van der Waals surface area contributed by atoms with Gasteiger partial charge in [0.1, 0.15) is 0 Å². The van der Waals surface area contributed by atoms with Crippen molar-refractivity contribution >= 4 is 39.5 Å². The number of aromatic nitrogens is 4. The van der Waals surface area contributed by atoms with Gasteiger partial charge in [0.05, 0.1) is 6.54 Å². The lowest BCUT2D eigenvalue weighted by Crippen LogP contribution is -2.01. The van der Waals surface area contributed by atoms with Crippen molar-refractivity contribution in [3.05, 3.63) is 50.1 Å². The van der Waals surface area contributed by atoms with Crippen LogP contribution < -0.4 is 0 Å². The fourth-order valence-corrected chi connectivity index (χ4v) is 3.41. The molecule has 1 N–H and O–H groups in total. The molecule has 3 rings (SSSR count). The van der Waals surface area contributed by atoms with E-state index in [1.54, 1.807) is 23.7 Å². The summed E-state index contributed by atoms with van der Waals surface area (Å²) in [6.45, 7) is 0.704. The van der Waals surface area contributed by atoms with E-state index in [0.29, 0.717) is 11.3 Å². The van der Waals surface area contributed by atoms with E-state index in [1.807, 2.05) is 16.7 Å². The van der Waals surface area contributed by atoms with Gasteiger partial charge in [0.25, 0.3) is 0 Å². The molecule has 0 fully saturated rings. The van der Waals surface area contributed by atoms with E-state index in [1.165, 1.54) is 4.88 Å². The zero-order valence-corrected chi connectivity index (χ0v) is 12.9. The quantitative estimate of drug-likeness (QED) is 0.727. The first-order chi connectivity index (χ1) is 9.24. The van der Waals surface area contributed by atoms with Gasteiger partial charge in [0, 0.05) is 32.7 Å². The highest BCUT2D eigenvalue weighted by Gasteiger charge is 2.10. The number of nitrogens with zero attached hydrogens (tertiary/aromatic N) is 3. The van der Waals surface area contributed by atoms with Gasteiger partial charge in [-0.3, -0.25) is 14.6 Å². The summed E-state index contributed by atoms with van der Waals surface area (Å²) in [6, 6.07) is 5.95. The maximum atomic E-state index is 5.30. The molecule has 3 heterocycles. The number of pyridine rings is 1. The van der Waals surface area contributed by atoms with Gasteiger partial charge in [-0.15, -0.1) is 11.3 Å². The van der Waals surface area contributed by atoms with Crippen molar-refractivity contribution in [2.45, 2.75) is 6.54 Å². The molecule has 0 aliphatic rings. The van der Waals surface area contributed by atoms with Crippen LogP contribution in [0.4, 0.5) is 0 Å². The highest BCUT2D eigenvalue weighted by atomic mass is 79.9. The van der Waals surface area contributed by atoms with E-state index >= 15 is 0 Å². The summed E-state index contributed by atoms with van der Waals surface area (Å²) >= 11 is 10.4. The van der Waals surface area contributed by atoms with E-state index in [9.17, 15) is 0 Å². The van der Waals surface area contributed by atoms with E-state index in [2.05, 4.69) is 42.6 Å². The first kappa shape index (κ1) is 12.7. The van der Waals surface area contributed by atoms with Crippen molar-refractivity contribution in [3.8, 4) is 11.4 Å². The van der Waals surface area contributed by atoms with Crippen LogP contribution in [0.25, 0.3) is 11.4 Å². The van der Waals surface area contributed by atoms with E-state index in [0.717, 1.165) is 15.9 Å². The predicted octanol–water partition coefficient (Wildman–Crippen LogP) is 3.87. The highest BCUT2D eigenvalue weighted by Crippen LogP contribution is 2.23. The Bertz CT molecular complexity index is 744. The van der Waals surface area contributed by atoms with Crippen molar-refractivity contribution in [2.75, 3.05) is 0 Å². The first-order valence-corrected chi connectivity index (χ1v) is 7.60. The predicted molar refractivity (Wildman–Crippen MR) is 81.8 cm³/mol. The van der Waals surface area contributed by atoms with E-state index < -0.39 is 0 Å². The summed E-state index contributed by atoms with van der Waals surface area (Å²) in [7, 11) is 0. The number of hydrogen-bond donors (Lipinski definition) is 1. The Morgan fingerprint density at radius 3 is 3.05 bits per heavy atom. The third kappa shape index (κ3) is 2.68. The van der Waals surface area contributed by atoms with Crippen LogP contribution in [-0.2, 0) is 6.54 Å². The van der Waals surface area contributed by atoms with Crippen molar-refractivity contribution in [2.24, 2.45) is 0 Å². The lowest BCUT2D eigenvalue weighted by atomic mass is 10.2. The molecule has 7 heteroatoms. The normalized spacial score (nSPS) is 10.8. The lowest BCUT2D eigenvalue weighted by molar-refractivity contribution is 0.802. The van der Waals surface area contributed by atoms with Gasteiger partial charge in [-0.05, 0) is 46.3 Å². The molecule has 0 bridgehead atoms. The Labute approximate surface area is 127 Å². The molecule has 0 aliphatic carbocycles. The van der Waals surface area contributed by atoms with E-state index in [4.69, 9.17) is 12.2 Å². The second kappa shape index (κ2) is 5.36. The third-order valence-electron chi connectivity index (χ3n) is 2.61. The SMILES string of the molecule is S=c1[nH]nc(-c2cccnc2)n1Cc1cc(Br)cs1. The van der Waals surface area contributed by atoms with Crippen LogP contribution in [0.2, 0.25) is 0 Å². The molecule has 3 aromatic heterocycles. The topological polar surface area (TPSA) is 46.5 Å². The number of aromatic amines is 1. The molecular formula is C12H9BrN4S2. The molecule has 0 spiro atoms. The fourth-order valence-electron chi connectivity index (χ4n) is 1.77. The Morgan fingerprint density at radius 1 is 1.47 bits per heavy atom. The summed E-state index contributed by atoms with van der Waals surface area (Å²) in [4.78, 5) is 5.33. The highest BCUT2D eigenvalue weighted by molar-refractivity contribution is 9.10. The van der Waals surface area contributed by atoms with Gasteiger partial charge in [-0.2, -0.15) is 5.10 Å². The largest absolute Gasteiger partial charge is 0.295 e. The molecule has 4 nitrogen and oxygen atoms in total. The summed E-state index contributed by atoms with van der Waals surface area (Å²) in [5.41, 5.74) is 0.950. The number of rotatable bonds is 3. The maximum Gasteiger partial charge on any atom is 0.195 e. The number of halogens is 1. The van der Waals surface area contributed by atoms with E-state index in [-0.39, 0.29) is 0 Å². The van der Waals surface area contributed by atoms with Gasteiger partial charge >= 0.3 is 0 Å². The Morgan fingerprint density at radius 2 is 2.37 bits per heavy atom. The van der Waals surface area contributed by atoms with Gasteiger partial charge in [0.2, 0.25) is 0 Å². The average molecular weight is 353 g/mol. The first-order valence-electron chi connectivity index (χ1n) is 5.52. The molecule has 19 heavy (non-hydrogen) atoms. The molecule has 0 atom stereocenters. The molecular weight excluding hydrogens is 344 g/mol. The monoisotopic (exact) mass is 352 g/mol. The molecule has 0 radical (unpaired) electrons. The Balaban J connectivity index is 2.02. The van der Waals surface area contributed by atoms with Crippen LogP contribution in [0, 0.1) is 4.77 Å². The molecule has 0 amide bonds. The fraction of sp³-hybridized carbons (Fsp3) is 0.0833. The van der Waals surface area contributed by atoms with Crippen LogP contribution in [-0.4, -0.2) is 19.7 Å². The average Bonchev–Trinajstić information content (AvgIpc) is 2.99. The number of thiophene rings is 1. The Hall–Kier alpha value is -1.31. The van der Waals surface area contributed by atoms with Crippen LogP contribution in [0.1, 0.15) is 4.88 Å². The van der Waals surface area contributed by atoms with Crippen LogP contribution >= 0.6 is 39.5 Å². The minimum Gasteiger partial charge on any atom is -0.295 e. The van der Waals surface area contributed by atoms with Gasteiger partial charge in [0.15, 0.2) is 10.6 Å². The minimum atomic E-state index is 0.614. The molecule has 0 aromatic carbocycles. The van der Waals surface area contributed by atoms with Gasteiger partial charge in [-0.25, -0.2) is 0 Å². The molecule has 0 saturated carbocycles.